The molecule has 1 aromatic carbocycles. The zero-order chi connectivity index (χ0) is 16.3. The average Bonchev–Trinajstić information content (AvgIpc) is 2.69. The SMILES string of the molecule is CC1=N[C@H]2[C@H](c3ccccc3F)OC(C)(O)[C@H]2S(=O)(=O)N1C. The monoisotopic (exact) mass is 328 g/mol. The maximum atomic E-state index is 14.0. The lowest BCUT2D eigenvalue weighted by Gasteiger charge is -2.34. The van der Waals surface area contributed by atoms with Crippen LogP contribution in [0.4, 0.5) is 4.39 Å². The largest absolute Gasteiger partial charge is 0.364 e. The van der Waals surface area contributed by atoms with E-state index >= 15 is 0 Å². The van der Waals surface area contributed by atoms with Gasteiger partial charge in [-0.2, -0.15) is 0 Å². The lowest BCUT2D eigenvalue weighted by Crippen LogP contribution is -2.55. The molecule has 2 aliphatic heterocycles. The van der Waals surface area contributed by atoms with Gasteiger partial charge in [-0.05, 0) is 19.9 Å². The highest BCUT2D eigenvalue weighted by atomic mass is 32.2. The summed E-state index contributed by atoms with van der Waals surface area (Å²) in [4.78, 5) is 4.33. The Hall–Kier alpha value is -1.51. The number of aliphatic hydroxyl groups is 1. The number of hydrogen-bond acceptors (Lipinski definition) is 5. The van der Waals surface area contributed by atoms with Gasteiger partial charge in [0.1, 0.15) is 23.8 Å². The highest BCUT2D eigenvalue weighted by Crippen LogP contribution is 2.46. The molecule has 0 spiro atoms. The lowest BCUT2D eigenvalue weighted by molar-refractivity contribution is -0.178. The smallest absolute Gasteiger partial charge is 0.246 e. The zero-order valence-electron chi connectivity index (χ0n) is 12.4. The van der Waals surface area contributed by atoms with E-state index in [1.165, 1.54) is 32.2 Å². The molecule has 2 aliphatic rings. The third-order valence-corrected chi connectivity index (χ3v) is 6.61. The summed E-state index contributed by atoms with van der Waals surface area (Å²) in [5.74, 6) is -2.19. The summed E-state index contributed by atoms with van der Waals surface area (Å²) in [6.07, 6.45) is -0.959. The van der Waals surface area contributed by atoms with Gasteiger partial charge in [-0.15, -0.1) is 0 Å². The standard InChI is InChI=1S/C14H17FN2O4S/c1-8-16-11-12(9-6-4-5-7-10(9)15)21-14(2,18)13(11)22(19,20)17(8)3/h4-7,11-13,18H,1-3H3/t11-,12-,13-,14?/m0/s1. The molecule has 2 heterocycles. The van der Waals surface area contributed by atoms with E-state index in [1.54, 1.807) is 13.0 Å². The summed E-state index contributed by atoms with van der Waals surface area (Å²) in [6, 6.07) is 5.04. The molecule has 120 valence electrons. The second-order valence-corrected chi connectivity index (χ2v) is 7.80. The van der Waals surface area contributed by atoms with Gasteiger partial charge in [0, 0.05) is 12.6 Å². The van der Waals surface area contributed by atoms with Crippen molar-refractivity contribution in [2.45, 2.75) is 37.0 Å². The topological polar surface area (TPSA) is 79.2 Å². The average molecular weight is 328 g/mol. The lowest BCUT2D eigenvalue weighted by atomic mass is 10.00. The van der Waals surface area contributed by atoms with Crippen molar-refractivity contribution in [2.75, 3.05) is 7.05 Å². The second-order valence-electron chi connectivity index (χ2n) is 5.71. The summed E-state index contributed by atoms with van der Waals surface area (Å²) in [6.45, 7) is 2.83. The minimum Gasteiger partial charge on any atom is -0.364 e. The molecule has 1 fully saturated rings. The number of ether oxygens (including phenoxy) is 1. The quantitative estimate of drug-likeness (QED) is 0.835. The fourth-order valence-corrected chi connectivity index (χ4v) is 4.98. The summed E-state index contributed by atoms with van der Waals surface area (Å²) in [5, 5.41) is 9.15. The van der Waals surface area contributed by atoms with E-state index in [0.29, 0.717) is 0 Å². The van der Waals surface area contributed by atoms with Gasteiger partial charge in [0.25, 0.3) is 0 Å². The van der Waals surface area contributed by atoms with Crippen molar-refractivity contribution in [2.24, 2.45) is 4.99 Å². The van der Waals surface area contributed by atoms with Crippen LogP contribution in [0.1, 0.15) is 25.5 Å². The van der Waals surface area contributed by atoms with Crippen molar-refractivity contribution in [3.63, 3.8) is 0 Å². The summed E-state index contributed by atoms with van der Waals surface area (Å²) in [5.41, 5.74) is 0.187. The van der Waals surface area contributed by atoms with Crippen LogP contribution in [0.5, 0.6) is 0 Å². The summed E-state index contributed by atoms with van der Waals surface area (Å²) in [7, 11) is -2.47. The first-order valence-electron chi connectivity index (χ1n) is 6.83. The molecule has 0 aliphatic carbocycles. The van der Waals surface area contributed by atoms with Gasteiger partial charge >= 0.3 is 0 Å². The molecule has 0 saturated carbocycles. The first-order chi connectivity index (χ1) is 10.2. The molecule has 0 bridgehead atoms. The van der Waals surface area contributed by atoms with Crippen LogP contribution in [0.25, 0.3) is 0 Å². The van der Waals surface area contributed by atoms with E-state index in [0.717, 1.165) is 4.31 Å². The Labute approximate surface area is 128 Å². The van der Waals surface area contributed by atoms with E-state index in [1.807, 2.05) is 0 Å². The first-order valence-corrected chi connectivity index (χ1v) is 8.33. The highest BCUT2D eigenvalue weighted by molar-refractivity contribution is 7.90. The van der Waals surface area contributed by atoms with Crippen molar-refractivity contribution >= 4 is 15.9 Å². The van der Waals surface area contributed by atoms with Gasteiger partial charge in [-0.3, -0.25) is 9.30 Å². The van der Waals surface area contributed by atoms with Crippen molar-refractivity contribution < 1.29 is 22.7 Å². The molecule has 6 nitrogen and oxygen atoms in total. The highest BCUT2D eigenvalue weighted by Gasteiger charge is 2.61. The molecular weight excluding hydrogens is 311 g/mol. The molecule has 0 aromatic heterocycles. The molecule has 1 N–H and O–H groups in total. The number of aliphatic imine (C=N–C) groups is 1. The zero-order valence-corrected chi connectivity index (χ0v) is 13.2. The van der Waals surface area contributed by atoms with Crippen LogP contribution in [0, 0.1) is 5.82 Å². The molecule has 4 atom stereocenters. The van der Waals surface area contributed by atoms with Gasteiger partial charge in [-0.25, -0.2) is 12.8 Å². The summed E-state index contributed by atoms with van der Waals surface area (Å²) >= 11 is 0. The molecule has 1 aromatic rings. The van der Waals surface area contributed by atoms with Crippen LogP contribution >= 0.6 is 0 Å². The maximum Gasteiger partial charge on any atom is 0.246 e. The maximum absolute atomic E-state index is 14.0. The van der Waals surface area contributed by atoms with Gasteiger partial charge in [0.05, 0.1) is 0 Å². The van der Waals surface area contributed by atoms with Crippen LogP contribution in [-0.4, -0.2) is 47.8 Å². The van der Waals surface area contributed by atoms with Gasteiger partial charge in [-0.1, -0.05) is 18.2 Å². The minimum atomic E-state index is -3.84. The number of hydrogen-bond donors (Lipinski definition) is 1. The van der Waals surface area contributed by atoms with Crippen molar-refractivity contribution in [3.05, 3.63) is 35.6 Å². The molecule has 22 heavy (non-hydrogen) atoms. The molecule has 1 saturated heterocycles. The molecule has 0 amide bonds. The van der Waals surface area contributed by atoms with E-state index in [-0.39, 0.29) is 11.4 Å². The second kappa shape index (κ2) is 4.74. The Balaban J connectivity index is 2.17. The van der Waals surface area contributed by atoms with Crippen LogP contribution in [0.2, 0.25) is 0 Å². The van der Waals surface area contributed by atoms with E-state index < -0.39 is 39.0 Å². The third kappa shape index (κ3) is 2.05. The molecule has 0 radical (unpaired) electrons. The Bertz CT molecular complexity index is 747. The van der Waals surface area contributed by atoms with Gasteiger partial charge in [0.2, 0.25) is 10.0 Å². The predicted molar refractivity (Wildman–Crippen MR) is 78.2 cm³/mol. The van der Waals surface area contributed by atoms with E-state index in [2.05, 4.69) is 4.99 Å². The van der Waals surface area contributed by atoms with Crippen LogP contribution in [-0.2, 0) is 14.8 Å². The Morgan fingerprint density at radius 3 is 2.68 bits per heavy atom. The van der Waals surface area contributed by atoms with Gasteiger partial charge < -0.3 is 9.84 Å². The molecule has 1 unspecified atom stereocenters. The number of nitrogens with zero attached hydrogens (tertiary/aromatic N) is 2. The normalized spacial score (nSPS) is 36.9. The Kier molecular flexibility index (Phi) is 3.32. The van der Waals surface area contributed by atoms with Crippen LogP contribution in [0.3, 0.4) is 0 Å². The number of benzene rings is 1. The van der Waals surface area contributed by atoms with Crippen LogP contribution < -0.4 is 0 Å². The van der Waals surface area contributed by atoms with E-state index in [9.17, 15) is 17.9 Å². The van der Waals surface area contributed by atoms with Gasteiger partial charge in [0.15, 0.2) is 11.0 Å². The fourth-order valence-electron chi connectivity index (χ4n) is 3.06. The Morgan fingerprint density at radius 2 is 2.05 bits per heavy atom. The number of amidine groups is 1. The predicted octanol–water partition coefficient (Wildman–Crippen LogP) is 1.04. The van der Waals surface area contributed by atoms with Crippen molar-refractivity contribution in [3.8, 4) is 0 Å². The summed E-state index contributed by atoms with van der Waals surface area (Å²) < 4.78 is 45.8. The minimum absolute atomic E-state index is 0.187. The number of rotatable bonds is 1. The van der Waals surface area contributed by atoms with Crippen LogP contribution in [0.15, 0.2) is 29.3 Å². The Morgan fingerprint density at radius 1 is 1.41 bits per heavy atom. The van der Waals surface area contributed by atoms with Crippen molar-refractivity contribution in [1.29, 1.82) is 0 Å². The molecule has 8 heteroatoms. The number of sulfonamides is 1. The first kappa shape index (κ1) is 15.4. The van der Waals surface area contributed by atoms with Crippen molar-refractivity contribution in [1.82, 2.24) is 4.31 Å². The molecular formula is C14H17FN2O4S. The number of fused-ring (bicyclic) bond motifs is 1. The molecule has 3 rings (SSSR count). The fraction of sp³-hybridized carbons (Fsp3) is 0.500. The third-order valence-electron chi connectivity index (χ3n) is 4.22. The van der Waals surface area contributed by atoms with E-state index in [4.69, 9.17) is 4.74 Å². The number of halogens is 1.